The van der Waals surface area contributed by atoms with Crippen molar-refractivity contribution in [2.24, 2.45) is 0 Å². The van der Waals surface area contributed by atoms with Gasteiger partial charge in [0.05, 0.1) is 16.1 Å². The molecule has 0 aromatic heterocycles. The van der Waals surface area contributed by atoms with Crippen LogP contribution in [0.5, 0.6) is 0 Å². The fraction of sp³-hybridized carbons (Fsp3) is 0.0455. The van der Waals surface area contributed by atoms with Gasteiger partial charge in [-0.25, -0.2) is 8.42 Å². The standard InChI is InChI=1S/C22H14ClNO5S/c23-12-30(28,29)14-10-8-13(9-11-14)22(27)24-18-7-3-6-17-19(18)21(26)16-5-2-1-4-15(16)20(17)25/h1-11H,12H2,(H,24,27). The summed E-state index contributed by atoms with van der Waals surface area (Å²) in [5, 5.41) is 2.09. The maximum atomic E-state index is 13.0. The number of amides is 1. The third kappa shape index (κ3) is 3.32. The summed E-state index contributed by atoms with van der Waals surface area (Å²) in [6, 6.07) is 16.5. The number of hydrogen-bond acceptors (Lipinski definition) is 5. The van der Waals surface area contributed by atoms with Crippen LogP contribution in [0.15, 0.2) is 71.6 Å². The number of anilines is 1. The van der Waals surface area contributed by atoms with Gasteiger partial charge in [0.2, 0.25) is 0 Å². The van der Waals surface area contributed by atoms with E-state index in [2.05, 4.69) is 5.32 Å². The minimum Gasteiger partial charge on any atom is -0.321 e. The van der Waals surface area contributed by atoms with E-state index in [9.17, 15) is 22.8 Å². The van der Waals surface area contributed by atoms with Crippen LogP contribution in [0.1, 0.15) is 42.2 Å². The molecule has 3 aromatic rings. The first-order chi connectivity index (χ1) is 14.3. The number of rotatable bonds is 4. The first-order valence-corrected chi connectivity index (χ1v) is 11.0. The van der Waals surface area contributed by atoms with Crippen molar-refractivity contribution in [3.8, 4) is 0 Å². The zero-order chi connectivity index (χ0) is 21.5. The molecular weight excluding hydrogens is 426 g/mol. The molecular formula is C22H14ClNO5S. The topological polar surface area (TPSA) is 97.4 Å². The van der Waals surface area contributed by atoms with Gasteiger partial charge in [-0.1, -0.05) is 36.4 Å². The highest BCUT2D eigenvalue weighted by Gasteiger charge is 2.31. The molecule has 6 nitrogen and oxygen atoms in total. The minimum atomic E-state index is -3.60. The Labute approximate surface area is 177 Å². The monoisotopic (exact) mass is 439 g/mol. The molecule has 30 heavy (non-hydrogen) atoms. The van der Waals surface area contributed by atoms with Crippen LogP contribution in [-0.4, -0.2) is 31.1 Å². The lowest BCUT2D eigenvalue weighted by molar-refractivity contribution is 0.0978. The van der Waals surface area contributed by atoms with E-state index in [-0.39, 0.29) is 44.4 Å². The van der Waals surface area contributed by atoms with Crippen LogP contribution in [0.3, 0.4) is 0 Å². The second-order valence-corrected chi connectivity index (χ2v) is 9.21. The predicted molar refractivity (Wildman–Crippen MR) is 112 cm³/mol. The van der Waals surface area contributed by atoms with Gasteiger partial charge in [-0.15, -0.1) is 11.6 Å². The zero-order valence-electron chi connectivity index (χ0n) is 15.4. The Morgan fingerprint density at radius 2 is 1.40 bits per heavy atom. The van der Waals surface area contributed by atoms with Crippen LogP contribution in [0, 0.1) is 0 Å². The number of carbonyl (C=O) groups excluding carboxylic acids is 3. The number of carbonyl (C=O) groups is 3. The van der Waals surface area contributed by atoms with Crippen molar-refractivity contribution in [1.29, 1.82) is 0 Å². The van der Waals surface area contributed by atoms with Crippen molar-refractivity contribution in [2.45, 2.75) is 4.90 Å². The summed E-state index contributed by atoms with van der Waals surface area (Å²) in [5.41, 5.74) is 1.37. The van der Waals surface area contributed by atoms with Crippen molar-refractivity contribution in [2.75, 3.05) is 10.5 Å². The Morgan fingerprint density at radius 1 is 0.800 bits per heavy atom. The largest absolute Gasteiger partial charge is 0.321 e. The Morgan fingerprint density at radius 3 is 2.03 bits per heavy atom. The molecule has 4 rings (SSSR count). The molecule has 0 aliphatic heterocycles. The first-order valence-electron chi connectivity index (χ1n) is 8.85. The number of benzene rings is 3. The van der Waals surface area contributed by atoms with Gasteiger partial charge in [-0.3, -0.25) is 14.4 Å². The highest BCUT2D eigenvalue weighted by atomic mass is 35.5. The second kappa shape index (κ2) is 7.51. The Balaban J connectivity index is 1.68. The van der Waals surface area contributed by atoms with Crippen LogP contribution < -0.4 is 5.32 Å². The molecule has 0 radical (unpaired) electrons. The number of nitrogens with one attached hydrogen (secondary N) is 1. The number of hydrogen-bond donors (Lipinski definition) is 1. The van der Waals surface area contributed by atoms with Gasteiger partial charge in [0.1, 0.15) is 5.21 Å². The second-order valence-electron chi connectivity index (χ2n) is 6.63. The Bertz CT molecular complexity index is 1310. The number of fused-ring (bicyclic) bond motifs is 2. The van der Waals surface area contributed by atoms with Crippen LogP contribution in [0.25, 0.3) is 0 Å². The molecule has 1 amide bonds. The average molecular weight is 440 g/mol. The quantitative estimate of drug-likeness (QED) is 0.489. The molecule has 1 aliphatic carbocycles. The highest BCUT2D eigenvalue weighted by Crippen LogP contribution is 2.32. The van der Waals surface area contributed by atoms with Gasteiger partial charge >= 0.3 is 0 Å². The molecule has 0 saturated heterocycles. The van der Waals surface area contributed by atoms with Gasteiger partial charge < -0.3 is 5.32 Å². The third-order valence-corrected chi connectivity index (χ3v) is 6.96. The fourth-order valence-corrected chi connectivity index (χ4v) is 4.38. The molecule has 8 heteroatoms. The summed E-state index contributed by atoms with van der Waals surface area (Å²) in [6.45, 7) is 0. The van der Waals surface area contributed by atoms with Gasteiger partial charge in [0.15, 0.2) is 21.4 Å². The van der Waals surface area contributed by atoms with Crippen LogP contribution in [0.4, 0.5) is 5.69 Å². The molecule has 3 aromatic carbocycles. The number of halogens is 1. The predicted octanol–water partition coefficient (Wildman–Crippen LogP) is 3.68. The van der Waals surface area contributed by atoms with Crippen molar-refractivity contribution in [3.63, 3.8) is 0 Å². The number of ketones is 2. The molecule has 0 bridgehead atoms. The van der Waals surface area contributed by atoms with Crippen LogP contribution >= 0.6 is 11.6 Å². The number of alkyl halides is 1. The molecule has 0 atom stereocenters. The molecule has 0 heterocycles. The van der Waals surface area contributed by atoms with E-state index < -0.39 is 21.0 Å². The van der Waals surface area contributed by atoms with E-state index in [1.165, 1.54) is 24.3 Å². The molecule has 1 aliphatic rings. The normalized spacial score (nSPS) is 12.8. The van der Waals surface area contributed by atoms with Crippen LogP contribution in [-0.2, 0) is 9.84 Å². The lowest BCUT2D eigenvalue weighted by atomic mass is 9.83. The molecule has 150 valence electrons. The Hall–Kier alpha value is -3.29. The lowest BCUT2D eigenvalue weighted by Crippen LogP contribution is -2.23. The molecule has 0 unspecified atom stereocenters. The Kier molecular flexibility index (Phi) is 5.01. The van der Waals surface area contributed by atoms with E-state index in [0.717, 1.165) is 0 Å². The van der Waals surface area contributed by atoms with Gasteiger partial charge in [0.25, 0.3) is 5.91 Å². The minimum absolute atomic E-state index is 0.00326. The van der Waals surface area contributed by atoms with Gasteiger partial charge in [-0.05, 0) is 30.3 Å². The third-order valence-electron chi connectivity index (χ3n) is 4.82. The van der Waals surface area contributed by atoms with Crippen molar-refractivity contribution < 1.29 is 22.8 Å². The smallest absolute Gasteiger partial charge is 0.255 e. The summed E-state index contributed by atoms with van der Waals surface area (Å²) in [6.07, 6.45) is 0. The van der Waals surface area contributed by atoms with E-state index >= 15 is 0 Å². The summed E-state index contributed by atoms with van der Waals surface area (Å²) < 4.78 is 23.6. The van der Waals surface area contributed by atoms with E-state index in [4.69, 9.17) is 11.6 Å². The maximum Gasteiger partial charge on any atom is 0.255 e. The molecule has 0 spiro atoms. The highest BCUT2D eigenvalue weighted by molar-refractivity contribution is 7.92. The summed E-state index contributed by atoms with van der Waals surface area (Å²) in [7, 11) is -3.60. The van der Waals surface area contributed by atoms with Crippen molar-refractivity contribution >= 4 is 44.6 Å². The van der Waals surface area contributed by atoms with Crippen molar-refractivity contribution in [1.82, 2.24) is 0 Å². The van der Waals surface area contributed by atoms with E-state index in [1.807, 2.05) is 0 Å². The molecule has 0 fully saturated rings. The van der Waals surface area contributed by atoms with Crippen LogP contribution in [0.2, 0.25) is 0 Å². The SMILES string of the molecule is O=C(Nc1cccc2c1C(=O)c1ccccc1C2=O)c1ccc(S(=O)(=O)CCl)cc1. The first kappa shape index (κ1) is 20.0. The number of sulfone groups is 1. The molecule has 1 N–H and O–H groups in total. The molecule has 0 saturated carbocycles. The average Bonchev–Trinajstić information content (AvgIpc) is 2.77. The summed E-state index contributed by atoms with van der Waals surface area (Å²) in [5.74, 6) is -1.18. The van der Waals surface area contributed by atoms with Crippen molar-refractivity contribution in [3.05, 3.63) is 94.5 Å². The van der Waals surface area contributed by atoms with Gasteiger partial charge in [0, 0.05) is 22.3 Å². The van der Waals surface area contributed by atoms with Gasteiger partial charge in [-0.2, -0.15) is 0 Å². The summed E-state index contributed by atoms with van der Waals surface area (Å²) >= 11 is 5.44. The summed E-state index contributed by atoms with van der Waals surface area (Å²) in [4.78, 5) is 38.5. The van der Waals surface area contributed by atoms with E-state index in [1.54, 1.807) is 42.5 Å². The lowest BCUT2D eigenvalue weighted by Gasteiger charge is -2.20. The zero-order valence-corrected chi connectivity index (χ0v) is 17.0. The maximum absolute atomic E-state index is 13.0. The van der Waals surface area contributed by atoms with E-state index in [0.29, 0.717) is 5.56 Å². The fourth-order valence-electron chi connectivity index (χ4n) is 3.32.